The Balaban J connectivity index is 2.34. The molecule has 0 atom stereocenters. The van der Waals surface area contributed by atoms with Crippen molar-refractivity contribution >= 4 is 21.4 Å². The molecule has 0 N–H and O–H groups in total. The molecular weight excluding hydrogens is 241 g/mol. The maximum Gasteiger partial charge on any atom is 0.213 e. The summed E-state index contributed by atoms with van der Waals surface area (Å²) in [6.07, 6.45) is 2.82. The van der Waals surface area contributed by atoms with E-state index in [0.29, 0.717) is 15.8 Å². The van der Waals surface area contributed by atoms with Crippen LogP contribution in [0.5, 0.6) is 0 Å². The van der Waals surface area contributed by atoms with Crippen molar-refractivity contribution in [3.8, 4) is 5.69 Å². The smallest absolute Gasteiger partial charge is 0.213 e. The first-order chi connectivity index (χ1) is 8.25. The van der Waals surface area contributed by atoms with E-state index in [1.165, 1.54) is 46.9 Å². The third-order valence-corrected chi connectivity index (χ3v) is 3.32. The van der Waals surface area contributed by atoms with Gasteiger partial charge in [0.05, 0.1) is 0 Å². The normalized spacial score (nSPS) is 10.9. The van der Waals surface area contributed by atoms with Gasteiger partial charge < -0.3 is 0 Å². The van der Waals surface area contributed by atoms with E-state index in [2.05, 4.69) is 10.1 Å². The maximum atomic E-state index is 13.0. The molecule has 3 rings (SSSR count). The lowest BCUT2D eigenvalue weighted by molar-refractivity contribution is 0.630. The van der Waals surface area contributed by atoms with Crippen LogP contribution in [0, 0.1) is 5.82 Å². The molecule has 0 aliphatic carbocycles. The molecule has 1 aromatic carbocycles. The Bertz CT molecular complexity index is 736. The van der Waals surface area contributed by atoms with Gasteiger partial charge in [-0.2, -0.15) is 5.10 Å². The van der Waals surface area contributed by atoms with Gasteiger partial charge in [-0.3, -0.25) is 4.79 Å². The number of hydrogen-bond acceptors (Lipinski definition) is 4. The lowest BCUT2D eigenvalue weighted by Gasteiger charge is -2.01. The maximum absolute atomic E-state index is 13.0. The quantitative estimate of drug-likeness (QED) is 0.660. The molecule has 0 fully saturated rings. The summed E-state index contributed by atoms with van der Waals surface area (Å²) >= 11 is 1.30. The van der Waals surface area contributed by atoms with E-state index >= 15 is 0 Å². The Labute approximate surface area is 99.0 Å². The molecule has 0 radical (unpaired) electrons. The Morgan fingerprint density at radius 2 is 2.24 bits per heavy atom. The summed E-state index contributed by atoms with van der Waals surface area (Å²) < 4.78 is 15.0. The third kappa shape index (κ3) is 1.62. The highest BCUT2D eigenvalue weighted by Crippen LogP contribution is 2.19. The number of benzene rings is 1. The van der Waals surface area contributed by atoms with Crippen molar-refractivity contribution in [2.75, 3.05) is 0 Å². The molecule has 0 aliphatic rings. The first kappa shape index (κ1) is 10.1. The summed E-state index contributed by atoms with van der Waals surface area (Å²) in [6, 6.07) is 4.12. The monoisotopic (exact) mass is 247 g/mol. The molecule has 0 saturated heterocycles. The van der Waals surface area contributed by atoms with Gasteiger partial charge >= 0.3 is 0 Å². The summed E-state index contributed by atoms with van der Waals surface area (Å²) in [5.41, 5.74) is 0.246. The third-order valence-electron chi connectivity index (χ3n) is 2.38. The van der Waals surface area contributed by atoms with Gasteiger partial charge in [0.2, 0.25) is 5.43 Å². The van der Waals surface area contributed by atoms with E-state index in [1.54, 1.807) is 5.38 Å². The van der Waals surface area contributed by atoms with Crippen LogP contribution in [-0.4, -0.2) is 14.8 Å². The highest BCUT2D eigenvalue weighted by Gasteiger charge is 2.08. The first-order valence-corrected chi connectivity index (χ1v) is 5.70. The lowest BCUT2D eigenvalue weighted by atomic mass is 10.2. The molecule has 2 aromatic heterocycles. The van der Waals surface area contributed by atoms with Crippen LogP contribution in [0.15, 0.2) is 41.0 Å². The Morgan fingerprint density at radius 3 is 3.00 bits per heavy atom. The van der Waals surface area contributed by atoms with Gasteiger partial charge in [0.15, 0.2) is 0 Å². The second kappa shape index (κ2) is 3.74. The molecule has 2 heterocycles. The molecule has 0 spiro atoms. The topological polar surface area (TPSA) is 47.8 Å². The molecule has 0 aliphatic heterocycles. The highest BCUT2D eigenvalue weighted by atomic mass is 32.1. The number of rotatable bonds is 1. The molecule has 0 amide bonds. The molecule has 84 valence electrons. The summed E-state index contributed by atoms with van der Waals surface area (Å²) in [7, 11) is 0. The van der Waals surface area contributed by atoms with Crippen LogP contribution in [-0.2, 0) is 0 Å². The number of nitrogens with zero attached hydrogens (tertiary/aromatic N) is 3. The van der Waals surface area contributed by atoms with Crippen molar-refractivity contribution in [3.05, 3.63) is 52.3 Å². The van der Waals surface area contributed by atoms with E-state index in [0.717, 1.165) is 0 Å². The summed E-state index contributed by atoms with van der Waals surface area (Å²) in [5.74, 6) is -0.346. The van der Waals surface area contributed by atoms with Crippen molar-refractivity contribution < 1.29 is 4.39 Å². The average Bonchev–Trinajstić information content (AvgIpc) is 2.82. The van der Waals surface area contributed by atoms with Gasteiger partial charge in [0.1, 0.15) is 24.2 Å². The zero-order valence-corrected chi connectivity index (χ0v) is 9.32. The SMILES string of the molecule is O=c1c(-n2cncn2)csc2cc(F)ccc12. The molecule has 0 bridgehead atoms. The summed E-state index contributed by atoms with van der Waals surface area (Å²) in [5, 5.41) is 6.05. The molecule has 17 heavy (non-hydrogen) atoms. The van der Waals surface area contributed by atoms with Crippen LogP contribution in [0.2, 0.25) is 0 Å². The van der Waals surface area contributed by atoms with Crippen molar-refractivity contribution in [2.45, 2.75) is 0 Å². The minimum Gasteiger partial charge on any atom is -0.287 e. The Morgan fingerprint density at radius 1 is 1.35 bits per heavy atom. The molecule has 3 aromatic rings. The second-order valence-corrected chi connectivity index (χ2v) is 4.34. The number of fused-ring (bicyclic) bond motifs is 1. The number of hydrogen-bond donors (Lipinski definition) is 0. The minimum absolute atomic E-state index is 0.177. The van der Waals surface area contributed by atoms with Crippen molar-refractivity contribution in [1.29, 1.82) is 0 Å². The zero-order chi connectivity index (χ0) is 11.8. The molecule has 6 heteroatoms. The predicted octanol–water partition coefficient (Wildman–Crippen LogP) is 1.98. The van der Waals surface area contributed by atoms with Crippen LogP contribution in [0.25, 0.3) is 15.8 Å². The van der Waals surface area contributed by atoms with Gasteiger partial charge in [0, 0.05) is 15.5 Å². The van der Waals surface area contributed by atoms with Crippen LogP contribution >= 0.6 is 11.3 Å². The highest BCUT2D eigenvalue weighted by molar-refractivity contribution is 7.16. The standard InChI is InChI=1S/C11H6FN3OS/c12-7-1-2-8-10(3-7)17-4-9(11(8)16)15-6-13-5-14-15/h1-6H. The minimum atomic E-state index is -0.346. The van der Waals surface area contributed by atoms with Crippen LogP contribution in [0.1, 0.15) is 0 Å². The van der Waals surface area contributed by atoms with E-state index in [1.807, 2.05) is 0 Å². The molecule has 0 unspecified atom stereocenters. The van der Waals surface area contributed by atoms with Crippen molar-refractivity contribution in [1.82, 2.24) is 14.8 Å². The first-order valence-electron chi connectivity index (χ1n) is 4.82. The van der Waals surface area contributed by atoms with Crippen molar-refractivity contribution in [2.24, 2.45) is 0 Å². The fourth-order valence-electron chi connectivity index (χ4n) is 1.58. The van der Waals surface area contributed by atoms with Gasteiger partial charge in [-0.25, -0.2) is 14.1 Å². The van der Waals surface area contributed by atoms with Crippen LogP contribution in [0.3, 0.4) is 0 Å². The van der Waals surface area contributed by atoms with Gasteiger partial charge in [-0.1, -0.05) is 0 Å². The fraction of sp³-hybridized carbons (Fsp3) is 0. The van der Waals surface area contributed by atoms with E-state index < -0.39 is 0 Å². The average molecular weight is 247 g/mol. The van der Waals surface area contributed by atoms with Crippen LogP contribution in [0.4, 0.5) is 4.39 Å². The lowest BCUT2D eigenvalue weighted by Crippen LogP contribution is -2.11. The summed E-state index contributed by atoms with van der Waals surface area (Å²) in [4.78, 5) is 15.9. The van der Waals surface area contributed by atoms with E-state index in [9.17, 15) is 9.18 Å². The van der Waals surface area contributed by atoms with E-state index in [4.69, 9.17) is 0 Å². The van der Waals surface area contributed by atoms with E-state index in [-0.39, 0.29) is 11.2 Å². The summed E-state index contributed by atoms with van der Waals surface area (Å²) in [6.45, 7) is 0. The zero-order valence-electron chi connectivity index (χ0n) is 8.50. The van der Waals surface area contributed by atoms with Crippen molar-refractivity contribution in [3.63, 3.8) is 0 Å². The number of halogens is 1. The molecule has 0 saturated carbocycles. The second-order valence-electron chi connectivity index (χ2n) is 3.43. The molecule has 4 nitrogen and oxygen atoms in total. The van der Waals surface area contributed by atoms with Gasteiger partial charge in [-0.15, -0.1) is 11.3 Å². The largest absolute Gasteiger partial charge is 0.287 e. The van der Waals surface area contributed by atoms with Gasteiger partial charge in [0.25, 0.3) is 0 Å². The Hall–Kier alpha value is -2.08. The van der Waals surface area contributed by atoms with Crippen LogP contribution < -0.4 is 5.43 Å². The Kier molecular flexibility index (Phi) is 2.22. The molecular formula is C11H6FN3OS. The van der Waals surface area contributed by atoms with Gasteiger partial charge in [-0.05, 0) is 18.2 Å². The number of aromatic nitrogens is 3. The fourth-order valence-corrected chi connectivity index (χ4v) is 2.50. The predicted molar refractivity (Wildman–Crippen MR) is 63.0 cm³/mol.